The largest absolute Gasteiger partial charge is 0.448 e. The van der Waals surface area contributed by atoms with Crippen molar-refractivity contribution in [2.45, 2.75) is 31.9 Å². The van der Waals surface area contributed by atoms with E-state index in [1.165, 1.54) is 18.5 Å². The molecule has 0 aromatic heterocycles. The number of likely N-dealkylation sites (N-methyl/N-ethyl adjacent to an activating group) is 1. The summed E-state index contributed by atoms with van der Waals surface area (Å²) in [5.74, 6) is -0.574. The second kappa shape index (κ2) is 7.43. The first-order valence-corrected chi connectivity index (χ1v) is 9.50. The quantitative estimate of drug-likeness (QED) is 0.783. The zero-order valence-electron chi connectivity index (χ0n) is 15.6. The highest BCUT2D eigenvalue weighted by atomic mass is 16.5. The van der Waals surface area contributed by atoms with E-state index in [-0.39, 0.29) is 5.91 Å². The second-order valence-electron chi connectivity index (χ2n) is 7.27. The summed E-state index contributed by atoms with van der Waals surface area (Å²) in [6.07, 6.45) is 2.09. The molecule has 5 heteroatoms. The van der Waals surface area contributed by atoms with Crippen LogP contribution in [0.1, 0.15) is 34.3 Å². The van der Waals surface area contributed by atoms with Gasteiger partial charge in [-0.2, -0.15) is 0 Å². The molecule has 2 aliphatic heterocycles. The van der Waals surface area contributed by atoms with Crippen LogP contribution in [0.5, 0.6) is 0 Å². The van der Waals surface area contributed by atoms with E-state index in [4.69, 9.17) is 4.74 Å². The third kappa shape index (κ3) is 3.54. The number of hydrogen-bond donors (Lipinski definition) is 0. The normalized spacial score (nSPS) is 18.8. The molecule has 0 N–H and O–H groups in total. The molecule has 0 aliphatic carbocycles. The van der Waals surface area contributed by atoms with Gasteiger partial charge in [0, 0.05) is 38.8 Å². The van der Waals surface area contributed by atoms with Gasteiger partial charge in [-0.15, -0.1) is 0 Å². The fourth-order valence-electron chi connectivity index (χ4n) is 3.96. The Labute approximate surface area is 159 Å². The van der Waals surface area contributed by atoms with Gasteiger partial charge in [-0.25, -0.2) is 4.79 Å². The van der Waals surface area contributed by atoms with Gasteiger partial charge in [-0.1, -0.05) is 36.4 Å². The third-order valence-electron chi connectivity index (χ3n) is 5.39. The van der Waals surface area contributed by atoms with Crippen LogP contribution in [0.15, 0.2) is 48.5 Å². The van der Waals surface area contributed by atoms with Crippen molar-refractivity contribution in [3.05, 3.63) is 65.2 Å². The lowest BCUT2D eigenvalue weighted by Crippen LogP contribution is -2.42. The first-order valence-electron chi connectivity index (χ1n) is 9.50. The third-order valence-corrected chi connectivity index (χ3v) is 5.39. The number of benzene rings is 2. The van der Waals surface area contributed by atoms with Crippen LogP contribution in [0, 0.1) is 0 Å². The minimum absolute atomic E-state index is 0.158. The van der Waals surface area contributed by atoms with Crippen LogP contribution in [0.25, 0.3) is 0 Å². The number of esters is 1. The van der Waals surface area contributed by atoms with E-state index in [2.05, 4.69) is 17.0 Å². The van der Waals surface area contributed by atoms with E-state index in [0.717, 1.165) is 24.2 Å². The number of amides is 1. The Morgan fingerprint density at radius 3 is 2.63 bits per heavy atom. The Morgan fingerprint density at radius 1 is 1.11 bits per heavy atom. The van der Waals surface area contributed by atoms with Crippen LogP contribution in [-0.4, -0.2) is 43.0 Å². The fraction of sp³-hybridized carbons (Fsp3) is 0.364. The molecule has 2 aliphatic rings. The Balaban J connectivity index is 1.49. The first-order chi connectivity index (χ1) is 13.1. The van der Waals surface area contributed by atoms with Crippen molar-refractivity contribution in [1.82, 2.24) is 4.90 Å². The van der Waals surface area contributed by atoms with Crippen LogP contribution in [-0.2, 0) is 22.5 Å². The van der Waals surface area contributed by atoms with E-state index in [1.807, 2.05) is 30.3 Å². The van der Waals surface area contributed by atoms with Gasteiger partial charge in [-0.3, -0.25) is 4.79 Å². The number of hydrogen-bond acceptors (Lipinski definition) is 4. The van der Waals surface area contributed by atoms with Crippen molar-refractivity contribution in [3.63, 3.8) is 0 Å². The lowest BCUT2D eigenvalue weighted by Gasteiger charge is -2.29. The lowest BCUT2D eigenvalue weighted by atomic mass is 9.98. The standard InChI is InChI=1S/C22H24N2O3/c1-23(15-17-9-3-5-11-19(17)24-12-6-7-13-24)21(25)20-14-16-8-2-4-10-18(16)22(26)27-20/h2-5,8-11,20H,6-7,12-15H2,1H3. The summed E-state index contributed by atoms with van der Waals surface area (Å²) in [6, 6.07) is 15.6. The van der Waals surface area contributed by atoms with Crippen LogP contribution >= 0.6 is 0 Å². The molecule has 1 atom stereocenters. The highest BCUT2D eigenvalue weighted by molar-refractivity contribution is 5.95. The molecule has 1 unspecified atom stereocenters. The predicted octanol–water partition coefficient (Wildman–Crippen LogP) is 3.03. The van der Waals surface area contributed by atoms with Gasteiger partial charge < -0.3 is 14.5 Å². The molecule has 0 saturated carbocycles. The summed E-state index contributed by atoms with van der Waals surface area (Å²) >= 11 is 0. The fourth-order valence-corrected chi connectivity index (χ4v) is 3.96. The predicted molar refractivity (Wildman–Crippen MR) is 104 cm³/mol. The molecule has 5 nitrogen and oxygen atoms in total. The average Bonchev–Trinajstić information content (AvgIpc) is 3.22. The Morgan fingerprint density at radius 2 is 1.81 bits per heavy atom. The number of para-hydroxylation sites is 1. The van der Waals surface area contributed by atoms with Crippen molar-refractivity contribution in [3.8, 4) is 0 Å². The average molecular weight is 364 g/mol. The molecule has 0 bridgehead atoms. The summed E-state index contributed by atoms with van der Waals surface area (Å²) in [5, 5.41) is 0. The van der Waals surface area contributed by atoms with Crippen molar-refractivity contribution in [2.75, 3.05) is 25.0 Å². The van der Waals surface area contributed by atoms with Gasteiger partial charge >= 0.3 is 5.97 Å². The highest BCUT2D eigenvalue weighted by Crippen LogP contribution is 2.26. The van der Waals surface area contributed by atoms with Crippen LogP contribution in [0.2, 0.25) is 0 Å². The molecule has 2 heterocycles. The molecule has 2 aromatic rings. The molecule has 140 valence electrons. The lowest BCUT2D eigenvalue weighted by molar-refractivity contribution is -0.140. The molecular formula is C22H24N2O3. The van der Waals surface area contributed by atoms with E-state index >= 15 is 0 Å². The van der Waals surface area contributed by atoms with Crippen molar-refractivity contribution < 1.29 is 14.3 Å². The maximum Gasteiger partial charge on any atom is 0.339 e. The molecule has 27 heavy (non-hydrogen) atoms. The van der Waals surface area contributed by atoms with Crippen molar-refractivity contribution in [2.24, 2.45) is 0 Å². The van der Waals surface area contributed by atoms with E-state index in [1.54, 1.807) is 18.0 Å². The van der Waals surface area contributed by atoms with E-state index in [0.29, 0.717) is 18.5 Å². The van der Waals surface area contributed by atoms with Gasteiger partial charge in [0.15, 0.2) is 6.10 Å². The highest BCUT2D eigenvalue weighted by Gasteiger charge is 2.33. The van der Waals surface area contributed by atoms with Gasteiger partial charge in [0.25, 0.3) is 5.91 Å². The minimum atomic E-state index is -0.753. The van der Waals surface area contributed by atoms with Gasteiger partial charge in [-0.05, 0) is 36.1 Å². The molecule has 1 saturated heterocycles. The van der Waals surface area contributed by atoms with Crippen molar-refractivity contribution >= 4 is 17.6 Å². The maximum atomic E-state index is 12.9. The number of rotatable bonds is 4. The second-order valence-corrected chi connectivity index (χ2v) is 7.27. The molecule has 0 radical (unpaired) electrons. The zero-order valence-corrected chi connectivity index (χ0v) is 15.6. The summed E-state index contributed by atoms with van der Waals surface area (Å²) in [5.41, 5.74) is 3.75. The minimum Gasteiger partial charge on any atom is -0.448 e. The van der Waals surface area contributed by atoms with Crippen LogP contribution in [0.3, 0.4) is 0 Å². The molecule has 0 spiro atoms. The maximum absolute atomic E-state index is 12.9. The zero-order chi connectivity index (χ0) is 18.8. The smallest absolute Gasteiger partial charge is 0.339 e. The SMILES string of the molecule is CN(Cc1ccccc1N1CCCC1)C(=O)C1Cc2ccccc2C(=O)O1. The number of carbonyl (C=O) groups is 2. The van der Waals surface area contributed by atoms with Gasteiger partial charge in [0.2, 0.25) is 0 Å². The number of fused-ring (bicyclic) bond motifs is 1. The topological polar surface area (TPSA) is 49.9 Å². The molecular weight excluding hydrogens is 340 g/mol. The summed E-state index contributed by atoms with van der Waals surface area (Å²) in [6.45, 7) is 2.62. The molecule has 1 amide bonds. The van der Waals surface area contributed by atoms with Crippen molar-refractivity contribution in [1.29, 1.82) is 0 Å². The molecule has 2 aromatic carbocycles. The number of carbonyl (C=O) groups excluding carboxylic acids is 2. The summed E-state index contributed by atoms with van der Waals surface area (Å²) in [7, 11) is 1.78. The molecule has 1 fully saturated rings. The van der Waals surface area contributed by atoms with E-state index in [9.17, 15) is 9.59 Å². The molecule has 4 rings (SSSR count). The summed E-state index contributed by atoms with van der Waals surface area (Å²) < 4.78 is 5.42. The van der Waals surface area contributed by atoms with Crippen LogP contribution < -0.4 is 4.90 Å². The van der Waals surface area contributed by atoms with E-state index < -0.39 is 12.1 Å². The van der Waals surface area contributed by atoms with Gasteiger partial charge in [0.05, 0.1) is 5.56 Å². The summed E-state index contributed by atoms with van der Waals surface area (Å²) in [4.78, 5) is 29.2. The Hall–Kier alpha value is -2.82. The monoisotopic (exact) mass is 364 g/mol. The number of ether oxygens (including phenoxy) is 1. The number of nitrogens with zero attached hydrogens (tertiary/aromatic N) is 2. The van der Waals surface area contributed by atoms with Gasteiger partial charge in [0.1, 0.15) is 0 Å². The first kappa shape index (κ1) is 17.6. The van der Waals surface area contributed by atoms with Crippen LogP contribution in [0.4, 0.5) is 5.69 Å². The number of anilines is 1. The number of cyclic esters (lactones) is 1. The Kier molecular flexibility index (Phi) is 4.84. The Bertz CT molecular complexity index is 858.